The molecule has 0 spiro atoms. The summed E-state index contributed by atoms with van der Waals surface area (Å²) in [6, 6.07) is 3.26. The zero-order valence-corrected chi connectivity index (χ0v) is 11.9. The second kappa shape index (κ2) is 6.89. The summed E-state index contributed by atoms with van der Waals surface area (Å²) < 4.78 is 4.77. The summed E-state index contributed by atoms with van der Waals surface area (Å²) in [7, 11) is 1.52. The quantitative estimate of drug-likeness (QED) is 0.828. The summed E-state index contributed by atoms with van der Waals surface area (Å²) >= 11 is 1.16. The molecule has 1 heterocycles. The first-order valence-corrected chi connectivity index (χ1v) is 6.54. The Morgan fingerprint density at radius 1 is 1.37 bits per heavy atom. The molecule has 0 fully saturated rings. The smallest absolute Gasteiger partial charge is 0.325 e. The SMILES string of the molecule is CCOC(=O)CN(C)C(=O)c1ccc(NC(C)=O)s1. The molecule has 7 heteroatoms. The summed E-state index contributed by atoms with van der Waals surface area (Å²) in [5.74, 6) is -0.924. The van der Waals surface area contributed by atoms with Crippen molar-refractivity contribution in [3.63, 3.8) is 0 Å². The Morgan fingerprint density at radius 2 is 2.05 bits per heavy atom. The molecule has 6 nitrogen and oxygen atoms in total. The van der Waals surface area contributed by atoms with Crippen LogP contribution in [0.5, 0.6) is 0 Å². The van der Waals surface area contributed by atoms with Crippen LogP contribution in [0.2, 0.25) is 0 Å². The summed E-state index contributed by atoms with van der Waals surface area (Å²) in [4.78, 5) is 35.9. The Balaban J connectivity index is 2.63. The Kier molecular flexibility index (Phi) is 5.50. The highest BCUT2D eigenvalue weighted by atomic mass is 32.1. The molecule has 0 aliphatic rings. The highest BCUT2D eigenvalue weighted by molar-refractivity contribution is 7.18. The van der Waals surface area contributed by atoms with Gasteiger partial charge in [0.25, 0.3) is 5.91 Å². The van der Waals surface area contributed by atoms with E-state index in [0.717, 1.165) is 11.3 Å². The van der Waals surface area contributed by atoms with Crippen molar-refractivity contribution in [3.8, 4) is 0 Å². The van der Waals surface area contributed by atoms with Crippen LogP contribution < -0.4 is 5.32 Å². The van der Waals surface area contributed by atoms with Gasteiger partial charge in [0.15, 0.2) is 0 Å². The van der Waals surface area contributed by atoms with E-state index in [-0.39, 0.29) is 25.0 Å². The fourth-order valence-corrected chi connectivity index (χ4v) is 2.30. The molecule has 1 N–H and O–H groups in total. The Labute approximate surface area is 115 Å². The van der Waals surface area contributed by atoms with Crippen molar-refractivity contribution < 1.29 is 19.1 Å². The van der Waals surface area contributed by atoms with Crippen LogP contribution in [0.1, 0.15) is 23.5 Å². The van der Waals surface area contributed by atoms with Gasteiger partial charge in [0.05, 0.1) is 16.5 Å². The fraction of sp³-hybridized carbons (Fsp3) is 0.417. The van der Waals surface area contributed by atoms with Crippen LogP contribution in [0.3, 0.4) is 0 Å². The first-order valence-electron chi connectivity index (χ1n) is 5.72. The molecule has 1 aromatic heterocycles. The van der Waals surface area contributed by atoms with Gasteiger partial charge >= 0.3 is 5.97 Å². The predicted octanol–water partition coefficient (Wildman–Crippen LogP) is 1.34. The molecule has 0 bridgehead atoms. The topological polar surface area (TPSA) is 75.7 Å². The standard InChI is InChI=1S/C12H16N2O4S/c1-4-18-11(16)7-14(3)12(17)9-5-6-10(19-9)13-8(2)15/h5-6H,4,7H2,1-3H3,(H,13,15). The number of carbonyl (C=O) groups is 3. The lowest BCUT2D eigenvalue weighted by Crippen LogP contribution is -2.32. The molecule has 0 aliphatic carbocycles. The molecule has 19 heavy (non-hydrogen) atoms. The van der Waals surface area contributed by atoms with Crippen molar-refractivity contribution in [1.29, 1.82) is 0 Å². The maximum Gasteiger partial charge on any atom is 0.325 e. The third-order valence-corrected chi connectivity index (χ3v) is 3.12. The van der Waals surface area contributed by atoms with Crippen LogP contribution in [0.4, 0.5) is 5.00 Å². The van der Waals surface area contributed by atoms with E-state index in [1.165, 1.54) is 18.9 Å². The van der Waals surface area contributed by atoms with E-state index in [1.54, 1.807) is 19.1 Å². The van der Waals surface area contributed by atoms with E-state index in [4.69, 9.17) is 4.74 Å². The molecule has 0 unspecified atom stereocenters. The van der Waals surface area contributed by atoms with E-state index in [0.29, 0.717) is 9.88 Å². The molecule has 0 saturated carbocycles. The summed E-state index contributed by atoms with van der Waals surface area (Å²) in [6.07, 6.45) is 0. The highest BCUT2D eigenvalue weighted by Crippen LogP contribution is 2.22. The van der Waals surface area contributed by atoms with Gasteiger partial charge in [0.1, 0.15) is 6.54 Å². The van der Waals surface area contributed by atoms with Crippen LogP contribution >= 0.6 is 11.3 Å². The Hall–Kier alpha value is -1.89. The Morgan fingerprint density at radius 3 is 2.63 bits per heavy atom. The third-order valence-electron chi connectivity index (χ3n) is 2.13. The number of hydrogen-bond donors (Lipinski definition) is 1. The van der Waals surface area contributed by atoms with E-state index >= 15 is 0 Å². The summed E-state index contributed by atoms with van der Waals surface area (Å²) in [6.45, 7) is 3.29. The van der Waals surface area contributed by atoms with Crippen molar-refractivity contribution in [1.82, 2.24) is 4.90 Å². The van der Waals surface area contributed by atoms with Crippen molar-refractivity contribution in [2.24, 2.45) is 0 Å². The number of thiophene rings is 1. The minimum atomic E-state index is -0.447. The van der Waals surface area contributed by atoms with Crippen LogP contribution in [-0.4, -0.2) is 42.9 Å². The van der Waals surface area contributed by atoms with Crippen LogP contribution in [0.15, 0.2) is 12.1 Å². The average molecular weight is 284 g/mol. The molecule has 0 aromatic carbocycles. The number of carbonyl (C=O) groups excluding carboxylic acids is 3. The monoisotopic (exact) mass is 284 g/mol. The van der Waals surface area contributed by atoms with Crippen LogP contribution in [0, 0.1) is 0 Å². The Bertz CT molecular complexity index is 484. The molecule has 0 saturated heterocycles. The fourth-order valence-electron chi connectivity index (χ4n) is 1.35. The van der Waals surface area contributed by atoms with Crippen LogP contribution in [-0.2, 0) is 14.3 Å². The zero-order chi connectivity index (χ0) is 14.4. The van der Waals surface area contributed by atoms with E-state index in [1.807, 2.05) is 0 Å². The number of ether oxygens (including phenoxy) is 1. The predicted molar refractivity (Wildman–Crippen MR) is 72.2 cm³/mol. The van der Waals surface area contributed by atoms with Crippen molar-refractivity contribution >= 4 is 34.1 Å². The number of esters is 1. The van der Waals surface area contributed by atoms with Crippen LogP contribution in [0.25, 0.3) is 0 Å². The molecule has 0 atom stereocenters. The van der Waals surface area contributed by atoms with E-state index < -0.39 is 5.97 Å². The minimum absolute atomic E-state index is 0.0972. The van der Waals surface area contributed by atoms with Crippen molar-refractivity contribution in [2.75, 3.05) is 25.5 Å². The molecule has 104 valence electrons. The maximum atomic E-state index is 12.0. The van der Waals surface area contributed by atoms with Gasteiger partial charge in [-0.05, 0) is 19.1 Å². The van der Waals surface area contributed by atoms with Crippen molar-refractivity contribution in [3.05, 3.63) is 17.0 Å². The van der Waals surface area contributed by atoms with Gasteiger partial charge in [-0.2, -0.15) is 0 Å². The molecular formula is C12H16N2O4S. The number of rotatable bonds is 5. The molecule has 0 aliphatic heterocycles. The first kappa shape index (κ1) is 15.2. The lowest BCUT2D eigenvalue weighted by Gasteiger charge is -2.14. The van der Waals surface area contributed by atoms with E-state index in [2.05, 4.69) is 5.32 Å². The van der Waals surface area contributed by atoms with Gasteiger partial charge in [-0.1, -0.05) is 0 Å². The lowest BCUT2D eigenvalue weighted by molar-refractivity contribution is -0.143. The van der Waals surface area contributed by atoms with Gasteiger partial charge in [-0.3, -0.25) is 14.4 Å². The number of nitrogens with zero attached hydrogens (tertiary/aromatic N) is 1. The highest BCUT2D eigenvalue weighted by Gasteiger charge is 2.17. The molecule has 2 amide bonds. The largest absolute Gasteiger partial charge is 0.465 e. The zero-order valence-electron chi connectivity index (χ0n) is 11.1. The minimum Gasteiger partial charge on any atom is -0.465 e. The number of amides is 2. The lowest BCUT2D eigenvalue weighted by atomic mass is 10.4. The first-order chi connectivity index (χ1) is 8.93. The molecular weight excluding hydrogens is 268 g/mol. The molecule has 1 rings (SSSR count). The summed E-state index contributed by atoms with van der Waals surface area (Å²) in [5.41, 5.74) is 0. The second-order valence-corrected chi connectivity index (χ2v) is 4.90. The molecule has 1 aromatic rings. The van der Waals surface area contributed by atoms with Gasteiger partial charge in [0, 0.05) is 14.0 Å². The van der Waals surface area contributed by atoms with Crippen molar-refractivity contribution in [2.45, 2.75) is 13.8 Å². The van der Waals surface area contributed by atoms with Gasteiger partial charge in [0.2, 0.25) is 5.91 Å². The third kappa shape index (κ3) is 4.70. The second-order valence-electron chi connectivity index (χ2n) is 3.81. The van der Waals surface area contributed by atoms with Gasteiger partial charge in [-0.15, -0.1) is 11.3 Å². The number of hydrogen-bond acceptors (Lipinski definition) is 5. The number of likely N-dealkylation sites (N-methyl/N-ethyl adjacent to an activating group) is 1. The maximum absolute atomic E-state index is 12.0. The van der Waals surface area contributed by atoms with Gasteiger partial charge < -0.3 is 15.0 Å². The average Bonchev–Trinajstić information content (AvgIpc) is 2.75. The number of nitrogens with one attached hydrogen (secondary N) is 1. The van der Waals surface area contributed by atoms with E-state index in [9.17, 15) is 14.4 Å². The number of anilines is 1. The molecule has 0 radical (unpaired) electrons. The normalized spacial score (nSPS) is 9.84. The summed E-state index contributed by atoms with van der Waals surface area (Å²) in [5, 5.41) is 3.19. The van der Waals surface area contributed by atoms with Gasteiger partial charge in [-0.25, -0.2) is 0 Å².